The van der Waals surface area contributed by atoms with E-state index in [-0.39, 0.29) is 17.0 Å². The summed E-state index contributed by atoms with van der Waals surface area (Å²) in [5.74, 6) is -0.199. The number of hydrogen-bond acceptors (Lipinski definition) is 4. The number of hydrogen-bond donors (Lipinski definition) is 0. The highest BCUT2D eigenvalue weighted by Crippen LogP contribution is 2.44. The molecule has 1 saturated heterocycles. The van der Waals surface area contributed by atoms with Crippen LogP contribution < -0.4 is 4.90 Å². The summed E-state index contributed by atoms with van der Waals surface area (Å²) in [4.78, 5) is 29.2. The molecule has 1 aliphatic carbocycles. The minimum absolute atomic E-state index is 0.199. The van der Waals surface area contributed by atoms with Crippen molar-refractivity contribution in [3.8, 4) is 6.07 Å². The molecule has 2 aliphatic rings. The van der Waals surface area contributed by atoms with Crippen LogP contribution in [0.15, 0.2) is 12.1 Å². The van der Waals surface area contributed by atoms with E-state index < -0.39 is 5.54 Å². The van der Waals surface area contributed by atoms with E-state index in [0.29, 0.717) is 42.8 Å². The molecule has 25 heavy (non-hydrogen) atoms. The van der Waals surface area contributed by atoms with E-state index >= 15 is 0 Å². The molecule has 1 aliphatic heterocycles. The SMILES string of the molecule is COCCN1C(=O)N(c2ccc(C#N)c(Cl)c2C)C(=O)C12CCCC2. The van der Waals surface area contributed by atoms with Gasteiger partial charge in [0.25, 0.3) is 5.91 Å². The molecule has 1 aromatic rings. The van der Waals surface area contributed by atoms with Gasteiger partial charge in [-0.25, -0.2) is 9.69 Å². The predicted molar refractivity (Wildman–Crippen MR) is 93.6 cm³/mol. The van der Waals surface area contributed by atoms with Crippen LogP contribution in [0.1, 0.15) is 36.8 Å². The fourth-order valence-corrected chi connectivity index (χ4v) is 4.07. The average Bonchev–Trinajstić information content (AvgIpc) is 3.16. The first-order chi connectivity index (χ1) is 12.0. The van der Waals surface area contributed by atoms with E-state index in [9.17, 15) is 9.59 Å². The molecular formula is C18H20ClN3O3. The maximum absolute atomic E-state index is 13.2. The quantitative estimate of drug-likeness (QED) is 0.771. The summed E-state index contributed by atoms with van der Waals surface area (Å²) in [5, 5.41) is 9.38. The Morgan fingerprint density at radius 1 is 1.32 bits per heavy atom. The van der Waals surface area contributed by atoms with Gasteiger partial charge in [0.05, 0.1) is 22.9 Å². The number of nitrogens with zero attached hydrogens (tertiary/aromatic N) is 3. The van der Waals surface area contributed by atoms with E-state index in [2.05, 4.69) is 0 Å². The highest BCUT2D eigenvalue weighted by molar-refractivity contribution is 6.33. The first-order valence-corrected chi connectivity index (χ1v) is 8.70. The molecule has 0 bridgehead atoms. The minimum atomic E-state index is -0.775. The van der Waals surface area contributed by atoms with Crippen LogP contribution >= 0.6 is 11.6 Å². The van der Waals surface area contributed by atoms with Crippen LogP contribution in [0.5, 0.6) is 0 Å². The lowest BCUT2D eigenvalue weighted by Gasteiger charge is -2.30. The van der Waals surface area contributed by atoms with Gasteiger partial charge in [-0.3, -0.25) is 4.79 Å². The third kappa shape index (κ3) is 2.59. The maximum Gasteiger partial charge on any atom is 0.332 e. The normalized spacial score (nSPS) is 19.1. The zero-order chi connectivity index (χ0) is 18.2. The molecule has 1 saturated carbocycles. The number of halogens is 1. The fraction of sp³-hybridized carbons (Fsp3) is 0.500. The molecule has 3 amide bonds. The standard InChI is InChI=1S/C18H20ClN3O3/c1-12-14(6-5-13(11-20)15(12)19)22-16(23)18(7-3-4-8-18)21(17(22)24)9-10-25-2/h5-6H,3-4,7-10H2,1-2H3. The van der Waals surface area contributed by atoms with Gasteiger partial charge >= 0.3 is 6.03 Å². The molecule has 6 nitrogen and oxygen atoms in total. The summed E-state index contributed by atoms with van der Waals surface area (Å²) in [7, 11) is 1.58. The monoisotopic (exact) mass is 361 g/mol. The Kier molecular flexibility index (Phi) is 4.72. The second-order valence-electron chi connectivity index (χ2n) is 6.49. The lowest BCUT2D eigenvalue weighted by Crippen LogP contribution is -2.48. The second-order valence-corrected chi connectivity index (χ2v) is 6.87. The minimum Gasteiger partial charge on any atom is -0.383 e. The Bertz CT molecular complexity index is 766. The molecule has 0 radical (unpaired) electrons. The number of imide groups is 1. The van der Waals surface area contributed by atoms with E-state index in [1.165, 1.54) is 4.90 Å². The molecule has 1 spiro atoms. The van der Waals surface area contributed by atoms with Gasteiger partial charge in [0.15, 0.2) is 0 Å². The Hall–Kier alpha value is -2.10. The summed E-state index contributed by atoms with van der Waals surface area (Å²) >= 11 is 6.24. The van der Waals surface area contributed by atoms with Crippen molar-refractivity contribution >= 4 is 29.2 Å². The highest BCUT2D eigenvalue weighted by Gasteiger charge is 2.58. The number of rotatable bonds is 4. The third-order valence-corrected chi connectivity index (χ3v) is 5.70. The number of urea groups is 1. The lowest BCUT2D eigenvalue weighted by atomic mass is 9.95. The number of anilines is 1. The van der Waals surface area contributed by atoms with Crippen molar-refractivity contribution in [1.29, 1.82) is 5.26 Å². The molecule has 0 atom stereocenters. The first kappa shape index (κ1) is 17.7. The van der Waals surface area contributed by atoms with Gasteiger partial charge in [-0.1, -0.05) is 24.4 Å². The third-order valence-electron chi connectivity index (χ3n) is 5.21. The Balaban J connectivity index is 2.06. The van der Waals surface area contributed by atoms with Crippen molar-refractivity contribution in [3.63, 3.8) is 0 Å². The Morgan fingerprint density at radius 2 is 2.00 bits per heavy atom. The number of nitriles is 1. The number of carbonyl (C=O) groups excluding carboxylic acids is 2. The van der Waals surface area contributed by atoms with E-state index in [4.69, 9.17) is 21.6 Å². The van der Waals surface area contributed by atoms with E-state index in [1.54, 1.807) is 31.1 Å². The van der Waals surface area contributed by atoms with Gasteiger partial charge in [-0.15, -0.1) is 0 Å². The predicted octanol–water partition coefficient (Wildman–Crippen LogP) is 3.25. The van der Waals surface area contributed by atoms with Gasteiger partial charge in [0.2, 0.25) is 0 Å². The van der Waals surface area contributed by atoms with Crippen LogP contribution in [0.2, 0.25) is 5.02 Å². The van der Waals surface area contributed by atoms with Crippen LogP contribution in [0.4, 0.5) is 10.5 Å². The first-order valence-electron chi connectivity index (χ1n) is 8.32. The van der Waals surface area contributed by atoms with Crippen LogP contribution in [-0.2, 0) is 9.53 Å². The highest BCUT2D eigenvalue weighted by atomic mass is 35.5. The number of ether oxygens (including phenoxy) is 1. The number of methoxy groups -OCH3 is 1. The van der Waals surface area contributed by atoms with Crippen molar-refractivity contribution in [1.82, 2.24) is 4.90 Å². The molecule has 3 rings (SSSR count). The summed E-state index contributed by atoms with van der Waals surface area (Å²) in [6.07, 6.45) is 3.18. The number of carbonyl (C=O) groups is 2. The molecule has 0 unspecified atom stereocenters. The van der Waals surface area contributed by atoms with Gasteiger partial charge in [-0.05, 0) is 37.5 Å². The molecule has 0 N–H and O–H groups in total. The summed E-state index contributed by atoms with van der Waals surface area (Å²) in [5.41, 5.74) is 0.561. The summed E-state index contributed by atoms with van der Waals surface area (Å²) in [6, 6.07) is 4.84. The van der Waals surface area contributed by atoms with Crippen molar-refractivity contribution < 1.29 is 14.3 Å². The van der Waals surface area contributed by atoms with Crippen LogP contribution in [-0.4, -0.2) is 42.6 Å². The average molecular weight is 362 g/mol. The second kappa shape index (κ2) is 6.66. The Morgan fingerprint density at radius 3 is 2.60 bits per heavy atom. The zero-order valence-electron chi connectivity index (χ0n) is 14.3. The number of benzene rings is 1. The Labute approximate surface area is 151 Å². The number of amides is 3. The maximum atomic E-state index is 13.2. The zero-order valence-corrected chi connectivity index (χ0v) is 15.1. The summed E-state index contributed by atoms with van der Waals surface area (Å²) < 4.78 is 5.12. The van der Waals surface area contributed by atoms with Crippen molar-refractivity contribution in [2.75, 3.05) is 25.2 Å². The molecule has 2 fully saturated rings. The molecule has 1 heterocycles. The van der Waals surface area contributed by atoms with Crippen molar-refractivity contribution in [2.24, 2.45) is 0 Å². The topological polar surface area (TPSA) is 73.6 Å². The molecule has 132 valence electrons. The molecule has 1 aromatic carbocycles. The van der Waals surface area contributed by atoms with Crippen LogP contribution in [0.3, 0.4) is 0 Å². The fourth-order valence-electron chi connectivity index (χ4n) is 3.87. The van der Waals surface area contributed by atoms with Gasteiger partial charge in [0, 0.05) is 13.7 Å². The molecule has 7 heteroatoms. The van der Waals surface area contributed by atoms with Gasteiger partial charge in [-0.2, -0.15) is 5.26 Å². The lowest BCUT2D eigenvalue weighted by molar-refractivity contribution is -0.124. The van der Waals surface area contributed by atoms with Crippen molar-refractivity contribution in [3.05, 3.63) is 28.3 Å². The molecule has 0 aromatic heterocycles. The smallest absolute Gasteiger partial charge is 0.332 e. The van der Waals surface area contributed by atoms with E-state index in [1.807, 2.05) is 6.07 Å². The van der Waals surface area contributed by atoms with Crippen LogP contribution in [0, 0.1) is 18.3 Å². The van der Waals surface area contributed by atoms with E-state index in [0.717, 1.165) is 12.8 Å². The largest absolute Gasteiger partial charge is 0.383 e. The van der Waals surface area contributed by atoms with Gasteiger partial charge < -0.3 is 9.64 Å². The van der Waals surface area contributed by atoms with Gasteiger partial charge in [0.1, 0.15) is 11.6 Å². The molecular weight excluding hydrogens is 342 g/mol. The van der Waals surface area contributed by atoms with Crippen LogP contribution in [0.25, 0.3) is 0 Å². The van der Waals surface area contributed by atoms with Crippen molar-refractivity contribution in [2.45, 2.75) is 38.1 Å². The summed E-state index contributed by atoms with van der Waals surface area (Å²) in [6.45, 7) is 2.47.